The molecule has 0 radical (unpaired) electrons. The molecule has 0 bridgehead atoms. The van der Waals surface area contributed by atoms with E-state index in [2.05, 4.69) is 53.2 Å². The highest BCUT2D eigenvalue weighted by Crippen LogP contribution is 2.17. The molecule has 1 amide bonds. The van der Waals surface area contributed by atoms with E-state index in [1.54, 1.807) is 12.4 Å². The van der Waals surface area contributed by atoms with Crippen molar-refractivity contribution in [1.29, 1.82) is 0 Å². The molecule has 0 saturated carbocycles. The summed E-state index contributed by atoms with van der Waals surface area (Å²) in [6.45, 7) is 7.62. The molecule has 0 atom stereocenters. The van der Waals surface area contributed by atoms with Gasteiger partial charge in [-0.25, -0.2) is 0 Å². The lowest BCUT2D eigenvalue weighted by Gasteiger charge is -2.21. The van der Waals surface area contributed by atoms with Gasteiger partial charge in [0.05, 0.1) is 0 Å². The number of nitrogens with zero attached hydrogens (tertiary/aromatic N) is 4. The second-order valence-electron chi connectivity index (χ2n) is 7.05. The van der Waals surface area contributed by atoms with Crippen LogP contribution in [-0.4, -0.2) is 32.5 Å². The molecule has 1 aromatic carbocycles. The highest BCUT2D eigenvalue weighted by Gasteiger charge is 2.15. The maximum atomic E-state index is 12.6. The summed E-state index contributed by atoms with van der Waals surface area (Å²) in [4.78, 5) is 22.8. The van der Waals surface area contributed by atoms with Gasteiger partial charge in [0.25, 0.3) is 0 Å². The highest BCUT2D eigenvalue weighted by molar-refractivity contribution is 5.76. The molecule has 0 aliphatic carbocycles. The Morgan fingerprint density at radius 1 is 1.11 bits per heavy atom. The number of aromatic nitrogens is 3. The van der Waals surface area contributed by atoms with Crippen LogP contribution in [0.4, 0.5) is 0 Å². The minimum Gasteiger partial charge on any atom is -0.339 e. The van der Waals surface area contributed by atoms with E-state index < -0.39 is 0 Å². The SMILES string of the molecule is CCN(Cc1ccc(C(C)C)cc1)C(=O)CCc1nc(-c2ccncc2)no1. The molecule has 2 heterocycles. The summed E-state index contributed by atoms with van der Waals surface area (Å²) in [5.74, 6) is 1.57. The molecule has 146 valence electrons. The number of carbonyl (C=O) groups excluding carboxylic acids is 1. The fourth-order valence-electron chi connectivity index (χ4n) is 2.95. The van der Waals surface area contributed by atoms with Crippen LogP contribution in [0.15, 0.2) is 53.3 Å². The first-order valence-corrected chi connectivity index (χ1v) is 9.66. The predicted molar refractivity (Wildman–Crippen MR) is 107 cm³/mol. The summed E-state index contributed by atoms with van der Waals surface area (Å²) in [6, 6.07) is 12.1. The Labute approximate surface area is 165 Å². The van der Waals surface area contributed by atoms with Gasteiger partial charge in [-0.05, 0) is 36.1 Å². The summed E-state index contributed by atoms with van der Waals surface area (Å²) in [5.41, 5.74) is 3.29. The third kappa shape index (κ3) is 5.03. The van der Waals surface area contributed by atoms with Gasteiger partial charge in [0.15, 0.2) is 0 Å². The fourth-order valence-corrected chi connectivity index (χ4v) is 2.95. The first kappa shape index (κ1) is 19.7. The van der Waals surface area contributed by atoms with Crippen LogP contribution >= 0.6 is 0 Å². The zero-order valence-electron chi connectivity index (χ0n) is 16.6. The van der Waals surface area contributed by atoms with Crippen molar-refractivity contribution in [3.63, 3.8) is 0 Å². The summed E-state index contributed by atoms with van der Waals surface area (Å²) >= 11 is 0. The Hall–Kier alpha value is -3.02. The number of pyridine rings is 1. The molecule has 0 N–H and O–H groups in total. The summed E-state index contributed by atoms with van der Waals surface area (Å²) in [7, 11) is 0. The monoisotopic (exact) mass is 378 g/mol. The largest absolute Gasteiger partial charge is 0.339 e. The molecular formula is C22H26N4O2. The lowest BCUT2D eigenvalue weighted by Crippen LogP contribution is -2.30. The molecule has 6 heteroatoms. The van der Waals surface area contributed by atoms with Crippen LogP contribution < -0.4 is 0 Å². The quantitative estimate of drug-likeness (QED) is 0.586. The topological polar surface area (TPSA) is 72.1 Å². The second-order valence-corrected chi connectivity index (χ2v) is 7.05. The minimum atomic E-state index is 0.0825. The van der Waals surface area contributed by atoms with Gasteiger partial charge >= 0.3 is 0 Å². The summed E-state index contributed by atoms with van der Waals surface area (Å²) in [6.07, 6.45) is 4.14. The Kier molecular flexibility index (Phi) is 6.53. The van der Waals surface area contributed by atoms with Crippen molar-refractivity contribution in [1.82, 2.24) is 20.0 Å². The van der Waals surface area contributed by atoms with Crippen LogP contribution in [0.3, 0.4) is 0 Å². The second kappa shape index (κ2) is 9.26. The van der Waals surface area contributed by atoms with Crippen LogP contribution in [0.25, 0.3) is 11.4 Å². The zero-order chi connectivity index (χ0) is 19.9. The highest BCUT2D eigenvalue weighted by atomic mass is 16.5. The number of carbonyl (C=O) groups is 1. The van der Waals surface area contributed by atoms with Gasteiger partial charge in [-0.3, -0.25) is 9.78 Å². The van der Waals surface area contributed by atoms with Gasteiger partial charge in [0, 0.05) is 43.9 Å². The van der Waals surface area contributed by atoms with Crippen molar-refractivity contribution in [3.8, 4) is 11.4 Å². The lowest BCUT2D eigenvalue weighted by molar-refractivity contribution is -0.131. The maximum absolute atomic E-state index is 12.6. The van der Waals surface area contributed by atoms with E-state index in [4.69, 9.17) is 4.52 Å². The molecule has 2 aromatic heterocycles. The number of rotatable bonds is 8. The average Bonchev–Trinajstić information content (AvgIpc) is 3.20. The van der Waals surface area contributed by atoms with Crippen molar-refractivity contribution in [2.45, 2.75) is 46.1 Å². The van der Waals surface area contributed by atoms with E-state index in [0.717, 1.165) is 11.1 Å². The molecule has 0 unspecified atom stereocenters. The van der Waals surface area contributed by atoms with Crippen LogP contribution in [-0.2, 0) is 17.8 Å². The number of hydrogen-bond donors (Lipinski definition) is 0. The van der Waals surface area contributed by atoms with Gasteiger partial charge < -0.3 is 9.42 Å². The Morgan fingerprint density at radius 2 is 1.82 bits per heavy atom. The molecule has 0 spiro atoms. The minimum absolute atomic E-state index is 0.0825. The fraction of sp³-hybridized carbons (Fsp3) is 0.364. The van der Waals surface area contributed by atoms with E-state index in [-0.39, 0.29) is 5.91 Å². The standard InChI is InChI=1S/C22H26N4O2/c1-4-26(15-17-5-7-18(8-6-17)16(2)3)21(27)10-9-20-24-22(25-28-20)19-11-13-23-14-12-19/h5-8,11-14,16H,4,9-10,15H2,1-3H3. The Balaban J connectivity index is 1.56. The molecule has 6 nitrogen and oxygen atoms in total. The molecule has 28 heavy (non-hydrogen) atoms. The third-order valence-electron chi connectivity index (χ3n) is 4.71. The molecule has 0 aliphatic rings. The van der Waals surface area contributed by atoms with Crippen LogP contribution in [0.5, 0.6) is 0 Å². The normalized spacial score (nSPS) is 11.0. The number of aryl methyl sites for hydroxylation is 1. The maximum Gasteiger partial charge on any atom is 0.227 e. The molecule has 0 saturated heterocycles. The van der Waals surface area contributed by atoms with Gasteiger partial charge in [0.2, 0.25) is 17.6 Å². The number of hydrogen-bond acceptors (Lipinski definition) is 5. The van der Waals surface area contributed by atoms with Gasteiger partial charge in [-0.2, -0.15) is 4.98 Å². The zero-order valence-corrected chi connectivity index (χ0v) is 16.6. The van der Waals surface area contributed by atoms with Gasteiger partial charge in [-0.15, -0.1) is 0 Å². The van der Waals surface area contributed by atoms with Gasteiger partial charge in [0.1, 0.15) is 0 Å². The van der Waals surface area contributed by atoms with Crippen LogP contribution in [0.2, 0.25) is 0 Å². The lowest BCUT2D eigenvalue weighted by atomic mass is 10.0. The van der Waals surface area contributed by atoms with E-state index in [0.29, 0.717) is 43.6 Å². The molecular weight excluding hydrogens is 352 g/mol. The van der Waals surface area contributed by atoms with E-state index in [1.807, 2.05) is 24.0 Å². The van der Waals surface area contributed by atoms with Crippen molar-refractivity contribution < 1.29 is 9.32 Å². The molecule has 3 aromatic rings. The molecule has 0 aliphatic heterocycles. The third-order valence-corrected chi connectivity index (χ3v) is 4.71. The Morgan fingerprint density at radius 3 is 2.46 bits per heavy atom. The smallest absolute Gasteiger partial charge is 0.227 e. The van der Waals surface area contributed by atoms with E-state index in [1.165, 1.54) is 5.56 Å². The average molecular weight is 378 g/mol. The first-order chi connectivity index (χ1) is 13.6. The molecule has 0 fully saturated rings. The van der Waals surface area contributed by atoms with E-state index >= 15 is 0 Å². The van der Waals surface area contributed by atoms with Gasteiger partial charge in [-0.1, -0.05) is 43.3 Å². The first-order valence-electron chi connectivity index (χ1n) is 9.66. The van der Waals surface area contributed by atoms with Crippen molar-refractivity contribution in [2.24, 2.45) is 0 Å². The van der Waals surface area contributed by atoms with Crippen LogP contribution in [0.1, 0.15) is 50.1 Å². The number of amides is 1. The van der Waals surface area contributed by atoms with E-state index in [9.17, 15) is 4.79 Å². The molecule has 3 rings (SSSR count). The van der Waals surface area contributed by atoms with Crippen molar-refractivity contribution >= 4 is 5.91 Å². The van der Waals surface area contributed by atoms with Crippen molar-refractivity contribution in [2.75, 3.05) is 6.54 Å². The number of benzene rings is 1. The van der Waals surface area contributed by atoms with Crippen molar-refractivity contribution in [3.05, 3.63) is 65.8 Å². The van der Waals surface area contributed by atoms with Crippen LogP contribution in [0, 0.1) is 0 Å². The summed E-state index contributed by atoms with van der Waals surface area (Å²) in [5, 5.41) is 3.98. The predicted octanol–water partition coefficient (Wildman–Crippen LogP) is 4.24. The summed E-state index contributed by atoms with van der Waals surface area (Å²) < 4.78 is 5.28. The Bertz CT molecular complexity index is 888.